The summed E-state index contributed by atoms with van der Waals surface area (Å²) in [6, 6.07) is 0.165. The first-order chi connectivity index (χ1) is 13.0. The van der Waals surface area contributed by atoms with Crippen molar-refractivity contribution < 1.29 is 9.47 Å². The number of nitrogens with zero attached hydrogens (tertiary/aromatic N) is 2. The highest BCUT2D eigenvalue weighted by atomic mass is 16.7. The third-order valence-electron chi connectivity index (χ3n) is 5.92. The summed E-state index contributed by atoms with van der Waals surface area (Å²) >= 11 is 0. The number of hydrogen-bond donors (Lipinski definition) is 0. The number of unbranched alkanes of at least 4 members (excludes halogenated alkanes) is 5. The first kappa shape index (κ1) is 27.8. The van der Waals surface area contributed by atoms with E-state index in [-0.39, 0.29) is 17.1 Å². The molecule has 1 atom stereocenters. The molecule has 170 valence electrons. The van der Waals surface area contributed by atoms with Crippen molar-refractivity contribution in [3.8, 4) is 0 Å². The van der Waals surface area contributed by atoms with Gasteiger partial charge in [0.05, 0.1) is 6.04 Å². The lowest BCUT2D eigenvalue weighted by Crippen LogP contribution is -2.70. The van der Waals surface area contributed by atoms with E-state index in [1.54, 1.807) is 0 Å². The zero-order valence-corrected chi connectivity index (χ0v) is 21.2. The van der Waals surface area contributed by atoms with Crippen molar-refractivity contribution in [2.24, 2.45) is 0 Å². The number of hydrogen-bond acceptors (Lipinski definition) is 4. The SMILES string of the molecule is CCCCCCCCC(N(CC)C(C)(C)C)C(OC)(OC)N(CC)C(C)(C)C. The molecule has 0 bridgehead atoms. The smallest absolute Gasteiger partial charge is 0.246 e. The van der Waals surface area contributed by atoms with Crippen LogP contribution in [0.3, 0.4) is 0 Å². The Kier molecular flexibility index (Phi) is 12.4. The lowest BCUT2D eigenvalue weighted by molar-refractivity contribution is -0.345. The predicted molar refractivity (Wildman–Crippen MR) is 123 cm³/mol. The summed E-state index contributed by atoms with van der Waals surface area (Å²) in [7, 11) is 3.62. The summed E-state index contributed by atoms with van der Waals surface area (Å²) < 4.78 is 12.5. The van der Waals surface area contributed by atoms with Crippen molar-refractivity contribution in [3.63, 3.8) is 0 Å². The zero-order chi connectivity index (χ0) is 22.0. The molecule has 4 nitrogen and oxygen atoms in total. The Hall–Kier alpha value is -0.160. The molecule has 0 saturated heterocycles. The standard InChI is InChI=1S/C24H52N2O2/c1-12-15-16-17-18-19-20-21(25(13-2)22(4,5)6)24(27-10,28-11)26(14-3)23(7,8)9/h21H,12-20H2,1-11H3. The van der Waals surface area contributed by atoms with E-state index in [1.807, 2.05) is 14.2 Å². The molecule has 0 rings (SSSR count). The normalized spacial score (nSPS) is 14.9. The number of rotatable bonds is 14. The first-order valence-electron chi connectivity index (χ1n) is 11.6. The second-order valence-corrected chi connectivity index (χ2v) is 9.98. The van der Waals surface area contributed by atoms with Crippen molar-refractivity contribution in [1.82, 2.24) is 9.80 Å². The van der Waals surface area contributed by atoms with Crippen LogP contribution in [-0.2, 0) is 9.47 Å². The van der Waals surface area contributed by atoms with Gasteiger partial charge in [0.1, 0.15) is 0 Å². The van der Waals surface area contributed by atoms with Gasteiger partial charge >= 0.3 is 0 Å². The summed E-state index contributed by atoms with van der Waals surface area (Å²) in [5.41, 5.74) is -0.0152. The molecule has 0 spiro atoms. The van der Waals surface area contributed by atoms with Crippen molar-refractivity contribution in [2.45, 2.75) is 130 Å². The Morgan fingerprint density at radius 2 is 1.18 bits per heavy atom. The van der Waals surface area contributed by atoms with Gasteiger partial charge in [-0.2, -0.15) is 0 Å². The fraction of sp³-hybridized carbons (Fsp3) is 1.00. The van der Waals surface area contributed by atoms with Crippen molar-refractivity contribution >= 4 is 0 Å². The molecule has 0 aromatic heterocycles. The summed E-state index contributed by atoms with van der Waals surface area (Å²) in [6.45, 7) is 22.2. The Morgan fingerprint density at radius 1 is 0.679 bits per heavy atom. The highest BCUT2D eigenvalue weighted by Gasteiger charge is 2.51. The third kappa shape index (κ3) is 7.59. The summed E-state index contributed by atoms with van der Waals surface area (Å²) in [4.78, 5) is 4.95. The van der Waals surface area contributed by atoms with Gasteiger partial charge in [0.2, 0.25) is 5.91 Å². The molecule has 0 aliphatic rings. The predicted octanol–water partition coefficient (Wildman–Crippen LogP) is 6.29. The van der Waals surface area contributed by atoms with Crippen molar-refractivity contribution in [2.75, 3.05) is 27.3 Å². The van der Waals surface area contributed by atoms with Crippen LogP contribution >= 0.6 is 0 Å². The van der Waals surface area contributed by atoms with Crippen molar-refractivity contribution in [1.29, 1.82) is 0 Å². The lowest BCUT2D eigenvalue weighted by atomic mass is 9.92. The number of likely N-dealkylation sites (N-methyl/N-ethyl adjacent to an activating group) is 2. The number of ether oxygens (including phenoxy) is 2. The quantitative estimate of drug-likeness (QED) is 0.252. The summed E-state index contributed by atoms with van der Waals surface area (Å²) in [5.74, 6) is -0.764. The monoisotopic (exact) mass is 400 g/mol. The maximum absolute atomic E-state index is 6.26. The Morgan fingerprint density at radius 3 is 1.54 bits per heavy atom. The molecule has 0 aliphatic carbocycles. The van der Waals surface area contributed by atoms with E-state index in [0.29, 0.717) is 0 Å². The summed E-state index contributed by atoms with van der Waals surface area (Å²) in [6.07, 6.45) is 8.88. The van der Waals surface area contributed by atoms with Crippen LogP contribution in [0.25, 0.3) is 0 Å². The molecule has 0 fully saturated rings. The van der Waals surface area contributed by atoms with Gasteiger partial charge < -0.3 is 9.47 Å². The molecule has 0 aromatic carbocycles. The Labute approximate surface area is 177 Å². The minimum atomic E-state index is -0.764. The molecule has 4 heteroatoms. The molecular formula is C24H52N2O2. The molecule has 0 aliphatic heterocycles. The molecule has 1 unspecified atom stereocenters. The van der Waals surface area contributed by atoms with Gasteiger partial charge in [0, 0.05) is 31.8 Å². The molecule has 0 saturated carbocycles. The highest BCUT2D eigenvalue weighted by Crippen LogP contribution is 2.37. The van der Waals surface area contributed by atoms with Crippen LogP contribution < -0.4 is 0 Å². The van der Waals surface area contributed by atoms with E-state index >= 15 is 0 Å². The van der Waals surface area contributed by atoms with Gasteiger partial charge in [0.15, 0.2) is 0 Å². The van der Waals surface area contributed by atoms with E-state index in [1.165, 1.54) is 38.5 Å². The second kappa shape index (κ2) is 12.5. The molecule has 0 amide bonds. The number of methoxy groups -OCH3 is 2. The fourth-order valence-corrected chi connectivity index (χ4v) is 4.73. The van der Waals surface area contributed by atoms with Crippen LogP contribution in [0.2, 0.25) is 0 Å². The Bertz CT molecular complexity index is 394. The molecule has 0 N–H and O–H groups in total. The molecule has 28 heavy (non-hydrogen) atoms. The van der Waals surface area contributed by atoms with Gasteiger partial charge in [-0.15, -0.1) is 0 Å². The van der Waals surface area contributed by atoms with Crippen LogP contribution in [-0.4, -0.2) is 60.1 Å². The van der Waals surface area contributed by atoms with Gasteiger partial charge in [-0.05, 0) is 54.5 Å². The highest BCUT2D eigenvalue weighted by molar-refractivity contribution is 4.96. The van der Waals surface area contributed by atoms with Gasteiger partial charge in [0.25, 0.3) is 0 Å². The van der Waals surface area contributed by atoms with E-state index < -0.39 is 5.91 Å². The fourth-order valence-electron chi connectivity index (χ4n) is 4.73. The van der Waals surface area contributed by atoms with Crippen LogP contribution in [0.5, 0.6) is 0 Å². The minimum Gasteiger partial charge on any atom is -0.339 e. The van der Waals surface area contributed by atoms with E-state index in [0.717, 1.165) is 19.5 Å². The lowest BCUT2D eigenvalue weighted by Gasteiger charge is -2.56. The van der Waals surface area contributed by atoms with Gasteiger partial charge in [-0.25, -0.2) is 4.90 Å². The largest absolute Gasteiger partial charge is 0.339 e. The first-order valence-corrected chi connectivity index (χ1v) is 11.6. The maximum Gasteiger partial charge on any atom is 0.246 e. The van der Waals surface area contributed by atoms with Gasteiger partial charge in [-0.1, -0.05) is 59.3 Å². The molecule has 0 radical (unpaired) electrons. The third-order valence-corrected chi connectivity index (χ3v) is 5.92. The average Bonchev–Trinajstić information content (AvgIpc) is 2.59. The van der Waals surface area contributed by atoms with Crippen LogP contribution in [0.1, 0.15) is 107 Å². The maximum atomic E-state index is 6.26. The molecule has 0 aromatic rings. The topological polar surface area (TPSA) is 24.9 Å². The Balaban J connectivity index is 5.85. The van der Waals surface area contributed by atoms with Crippen molar-refractivity contribution in [3.05, 3.63) is 0 Å². The molecular weight excluding hydrogens is 348 g/mol. The summed E-state index contributed by atoms with van der Waals surface area (Å²) in [5, 5.41) is 0. The molecule has 0 heterocycles. The zero-order valence-electron chi connectivity index (χ0n) is 21.2. The van der Waals surface area contributed by atoms with Gasteiger partial charge in [-0.3, -0.25) is 4.90 Å². The van der Waals surface area contributed by atoms with Crippen LogP contribution in [0.4, 0.5) is 0 Å². The average molecular weight is 401 g/mol. The van der Waals surface area contributed by atoms with E-state index in [9.17, 15) is 0 Å². The second-order valence-electron chi connectivity index (χ2n) is 9.98. The minimum absolute atomic E-state index is 0.0429. The van der Waals surface area contributed by atoms with E-state index in [4.69, 9.17) is 9.47 Å². The van der Waals surface area contributed by atoms with E-state index in [2.05, 4.69) is 72.1 Å². The van der Waals surface area contributed by atoms with Crippen LogP contribution in [0.15, 0.2) is 0 Å². The van der Waals surface area contributed by atoms with Crippen LogP contribution in [0, 0.1) is 0 Å².